The lowest BCUT2D eigenvalue weighted by molar-refractivity contribution is -0.132. The summed E-state index contributed by atoms with van der Waals surface area (Å²) in [6, 6.07) is 18.5. The molecule has 9 heteroatoms. The van der Waals surface area contributed by atoms with Gasteiger partial charge in [0.25, 0.3) is 5.91 Å². The second kappa shape index (κ2) is 8.61. The van der Waals surface area contributed by atoms with Gasteiger partial charge >= 0.3 is 0 Å². The van der Waals surface area contributed by atoms with Crippen LogP contribution in [0.2, 0.25) is 0 Å². The molecule has 2 amide bonds. The third-order valence-electron chi connectivity index (χ3n) is 4.54. The molecule has 1 saturated heterocycles. The van der Waals surface area contributed by atoms with Crippen LogP contribution in [-0.2, 0) is 34.0 Å². The van der Waals surface area contributed by atoms with Crippen molar-refractivity contribution in [3.05, 3.63) is 77.6 Å². The van der Waals surface area contributed by atoms with Crippen LogP contribution < -0.4 is 10.3 Å². The zero-order valence-electron chi connectivity index (χ0n) is 15.6. The number of hydrogen-bond acceptors (Lipinski definition) is 6. The number of amides is 2. The van der Waals surface area contributed by atoms with E-state index >= 15 is 0 Å². The summed E-state index contributed by atoms with van der Waals surface area (Å²) >= 11 is 0. The van der Waals surface area contributed by atoms with Crippen molar-refractivity contribution in [3.63, 3.8) is 0 Å². The molecular formula is C20H20N6O3. The highest BCUT2D eigenvalue weighted by Gasteiger charge is 2.40. The highest BCUT2D eigenvalue weighted by atomic mass is 16.5. The van der Waals surface area contributed by atoms with Crippen molar-refractivity contribution >= 4 is 11.8 Å². The van der Waals surface area contributed by atoms with E-state index in [1.54, 1.807) is 0 Å². The van der Waals surface area contributed by atoms with E-state index in [9.17, 15) is 9.59 Å². The Kier molecular flexibility index (Phi) is 5.57. The second-order valence-electron chi connectivity index (χ2n) is 6.67. The number of ether oxygens (including phenoxy) is 1. The third kappa shape index (κ3) is 4.46. The normalized spacial score (nSPS) is 15.8. The Bertz CT molecular complexity index is 976. The van der Waals surface area contributed by atoms with Gasteiger partial charge in [0.1, 0.15) is 12.6 Å². The van der Waals surface area contributed by atoms with E-state index in [0.29, 0.717) is 19.0 Å². The molecule has 1 aliphatic heterocycles. The number of rotatable bonds is 8. The Morgan fingerprint density at radius 1 is 1.03 bits per heavy atom. The van der Waals surface area contributed by atoms with Gasteiger partial charge in [-0.15, -0.1) is 9.89 Å². The van der Waals surface area contributed by atoms with Gasteiger partial charge in [0.05, 0.1) is 19.6 Å². The molecule has 0 bridgehead atoms. The first-order valence-electron chi connectivity index (χ1n) is 9.24. The molecule has 4 rings (SSSR count). The Morgan fingerprint density at radius 2 is 1.72 bits per heavy atom. The van der Waals surface area contributed by atoms with Crippen molar-refractivity contribution in [1.82, 2.24) is 25.6 Å². The molecule has 0 saturated carbocycles. The minimum atomic E-state index is -0.575. The fraction of sp³-hybridized carbons (Fsp3) is 0.250. The molecule has 1 aromatic heterocycles. The number of β-lactam (4-membered cyclic amide) rings is 1. The Hall–Kier alpha value is -3.59. The smallest absolute Gasteiger partial charge is 0.267 e. The van der Waals surface area contributed by atoms with Gasteiger partial charge in [0.15, 0.2) is 0 Å². The number of hydrogen-bond donors (Lipinski definition) is 1. The number of aromatic nitrogens is 4. The lowest BCUT2D eigenvalue weighted by Crippen LogP contribution is -2.68. The topological polar surface area (TPSA) is 102 Å². The van der Waals surface area contributed by atoms with Gasteiger partial charge in [-0.1, -0.05) is 60.7 Å². The second-order valence-corrected chi connectivity index (χ2v) is 6.67. The summed E-state index contributed by atoms with van der Waals surface area (Å²) in [6.07, 6.45) is 0.230. The molecule has 29 heavy (non-hydrogen) atoms. The SMILES string of the molecule is O=C(Cc1ccccc1)N[C@H]1CN(n2nnnc2COCc2ccccc2)C1=O. The van der Waals surface area contributed by atoms with E-state index in [2.05, 4.69) is 20.8 Å². The highest BCUT2D eigenvalue weighted by molar-refractivity contribution is 6.00. The number of carbonyl (C=O) groups excluding carboxylic acids is 2. The molecule has 0 radical (unpaired) electrons. The zero-order valence-corrected chi connectivity index (χ0v) is 15.6. The number of benzene rings is 2. The van der Waals surface area contributed by atoms with E-state index in [4.69, 9.17) is 4.74 Å². The average Bonchev–Trinajstić information content (AvgIpc) is 3.19. The molecule has 3 aromatic rings. The Balaban J connectivity index is 1.28. The Labute approximate surface area is 167 Å². The molecule has 2 heterocycles. The number of tetrazole rings is 1. The van der Waals surface area contributed by atoms with Crippen LogP contribution in [0.4, 0.5) is 0 Å². The van der Waals surface area contributed by atoms with Crippen LogP contribution in [0.3, 0.4) is 0 Å². The first-order valence-corrected chi connectivity index (χ1v) is 9.24. The predicted octanol–water partition coefficient (Wildman–Crippen LogP) is 0.596. The predicted molar refractivity (Wildman–Crippen MR) is 103 cm³/mol. The van der Waals surface area contributed by atoms with Crippen LogP contribution in [0.5, 0.6) is 0 Å². The van der Waals surface area contributed by atoms with E-state index in [1.807, 2.05) is 60.7 Å². The lowest BCUT2D eigenvalue weighted by atomic mass is 10.1. The lowest BCUT2D eigenvalue weighted by Gasteiger charge is -2.37. The standard InChI is InChI=1S/C20H20N6O3/c27-19(11-15-7-3-1-4-8-15)21-17-12-25(20(17)28)26-18(22-23-24-26)14-29-13-16-9-5-2-6-10-16/h1-10,17H,11-14H2,(H,21,27)/t17-/m0/s1. The minimum absolute atomic E-state index is 0.163. The summed E-state index contributed by atoms with van der Waals surface area (Å²) in [6.45, 7) is 0.882. The molecule has 9 nitrogen and oxygen atoms in total. The molecule has 1 aliphatic rings. The summed E-state index contributed by atoms with van der Waals surface area (Å²) in [5.74, 6) is -0.0382. The molecule has 148 valence electrons. The molecule has 1 N–H and O–H groups in total. The van der Waals surface area contributed by atoms with Crippen LogP contribution in [0.15, 0.2) is 60.7 Å². The van der Waals surface area contributed by atoms with Crippen LogP contribution in [0.1, 0.15) is 17.0 Å². The molecule has 1 fully saturated rings. The molecule has 0 unspecified atom stereocenters. The van der Waals surface area contributed by atoms with Crippen molar-refractivity contribution < 1.29 is 14.3 Å². The van der Waals surface area contributed by atoms with Gasteiger partial charge in [0.2, 0.25) is 11.7 Å². The zero-order chi connectivity index (χ0) is 20.1. The summed E-state index contributed by atoms with van der Waals surface area (Å²) in [4.78, 5) is 25.9. The van der Waals surface area contributed by atoms with E-state index < -0.39 is 6.04 Å². The van der Waals surface area contributed by atoms with Gasteiger partial charge in [-0.05, 0) is 21.6 Å². The van der Waals surface area contributed by atoms with E-state index in [0.717, 1.165) is 11.1 Å². The van der Waals surface area contributed by atoms with Crippen LogP contribution in [0, 0.1) is 0 Å². The minimum Gasteiger partial charge on any atom is -0.369 e. The third-order valence-corrected chi connectivity index (χ3v) is 4.54. The summed E-state index contributed by atoms with van der Waals surface area (Å²) < 4.78 is 5.65. The number of nitrogens with zero attached hydrogens (tertiary/aromatic N) is 5. The van der Waals surface area contributed by atoms with Crippen LogP contribution in [-0.4, -0.2) is 44.7 Å². The van der Waals surface area contributed by atoms with E-state index in [-0.39, 0.29) is 24.8 Å². The quantitative estimate of drug-likeness (QED) is 0.563. The maximum atomic E-state index is 12.4. The van der Waals surface area contributed by atoms with Gasteiger partial charge in [0, 0.05) is 0 Å². The van der Waals surface area contributed by atoms with Crippen LogP contribution >= 0.6 is 0 Å². The van der Waals surface area contributed by atoms with Crippen molar-refractivity contribution in [3.8, 4) is 0 Å². The maximum absolute atomic E-state index is 12.4. The van der Waals surface area contributed by atoms with Crippen LogP contribution in [0.25, 0.3) is 0 Å². The largest absolute Gasteiger partial charge is 0.369 e. The molecule has 0 spiro atoms. The van der Waals surface area contributed by atoms with Crippen molar-refractivity contribution in [2.45, 2.75) is 25.7 Å². The fourth-order valence-electron chi connectivity index (χ4n) is 3.02. The summed E-state index contributed by atoms with van der Waals surface area (Å²) in [7, 11) is 0. The van der Waals surface area contributed by atoms with Crippen molar-refractivity contribution in [2.24, 2.45) is 0 Å². The summed E-state index contributed by atoms with van der Waals surface area (Å²) in [5.41, 5.74) is 1.93. The molecule has 0 aliphatic carbocycles. The Morgan fingerprint density at radius 3 is 2.41 bits per heavy atom. The first kappa shape index (κ1) is 18.8. The van der Waals surface area contributed by atoms with E-state index in [1.165, 1.54) is 9.80 Å². The van der Waals surface area contributed by atoms with Crippen molar-refractivity contribution in [1.29, 1.82) is 0 Å². The fourth-order valence-corrected chi connectivity index (χ4v) is 3.02. The van der Waals surface area contributed by atoms with Gasteiger partial charge in [-0.3, -0.25) is 9.59 Å². The molecular weight excluding hydrogens is 372 g/mol. The van der Waals surface area contributed by atoms with Gasteiger partial charge in [-0.2, -0.15) is 0 Å². The first-order chi connectivity index (χ1) is 14.2. The van der Waals surface area contributed by atoms with Gasteiger partial charge < -0.3 is 10.1 Å². The number of nitrogens with one attached hydrogen (secondary N) is 1. The molecule has 1 atom stereocenters. The number of carbonyl (C=O) groups is 2. The average molecular weight is 392 g/mol. The van der Waals surface area contributed by atoms with Gasteiger partial charge in [-0.25, -0.2) is 5.01 Å². The monoisotopic (exact) mass is 392 g/mol. The van der Waals surface area contributed by atoms with Crippen molar-refractivity contribution in [2.75, 3.05) is 11.6 Å². The molecule has 2 aromatic carbocycles. The highest BCUT2D eigenvalue weighted by Crippen LogP contribution is 2.11. The maximum Gasteiger partial charge on any atom is 0.267 e. The summed E-state index contributed by atoms with van der Waals surface area (Å²) in [5, 5.41) is 15.5.